The Morgan fingerprint density at radius 3 is 2.13 bits per heavy atom. The highest BCUT2D eigenvalue weighted by Crippen LogP contribution is 2.11. The Labute approximate surface area is 104 Å². The van der Waals surface area contributed by atoms with Gasteiger partial charge in [0.15, 0.2) is 0 Å². The number of nitrogens with zero attached hydrogens (tertiary/aromatic N) is 2. The predicted octanol–water partition coefficient (Wildman–Crippen LogP) is -0.590. The van der Waals surface area contributed by atoms with E-state index in [1.165, 1.54) is 0 Å². The standard InChI is InChI=1S/C9H19N3O.2ClH/c1-11-2-4-12(5-3-11)8-6-10-7-9(8)13;;/h8-10,13H,2-7H2,1H3;2*1H. The molecule has 2 saturated heterocycles. The van der Waals surface area contributed by atoms with Gasteiger partial charge >= 0.3 is 0 Å². The number of aliphatic hydroxyl groups excluding tert-OH is 1. The Bertz CT molecular complexity index is 177. The van der Waals surface area contributed by atoms with E-state index in [0.717, 1.165) is 39.3 Å². The number of hydrogen-bond donors (Lipinski definition) is 2. The Hall–Kier alpha value is 0.420. The van der Waals surface area contributed by atoms with E-state index in [0.29, 0.717) is 6.04 Å². The minimum absolute atomic E-state index is 0. The van der Waals surface area contributed by atoms with Gasteiger partial charge in [-0.2, -0.15) is 0 Å². The van der Waals surface area contributed by atoms with Crippen LogP contribution in [0.1, 0.15) is 0 Å². The first-order valence-electron chi connectivity index (χ1n) is 5.09. The topological polar surface area (TPSA) is 38.7 Å². The van der Waals surface area contributed by atoms with Crippen LogP contribution in [-0.4, -0.2) is 73.4 Å². The average Bonchev–Trinajstić information content (AvgIpc) is 2.53. The maximum atomic E-state index is 9.69. The number of nitrogens with one attached hydrogen (secondary N) is 1. The van der Waals surface area contributed by atoms with Crippen LogP contribution in [0.4, 0.5) is 0 Å². The summed E-state index contributed by atoms with van der Waals surface area (Å²) < 4.78 is 0. The lowest BCUT2D eigenvalue weighted by Crippen LogP contribution is -2.52. The molecule has 2 rings (SSSR count). The highest BCUT2D eigenvalue weighted by molar-refractivity contribution is 5.85. The van der Waals surface area contributed by atoms with Gasteiger partial charge in [-0.05, 0) is 7.05 Å². The molecule has 0 aromatic heterocycles. The molecule has 0 radical (unpaired) electrons. The van der Waals surface area contributed by atoms with Crippen LogP contribution in [0.3, 0.4) is 0 Å². The monoisotopic (exact) mass is 257 g/mol. The van der Waals surface area contributed by atoms with Gasteiger partial charge in [0.05, 0.1) is 6.10 Å². The summed E-state index contributed by atoms with van der Waals surface area (Å²) in [6.07, 6.45) is -0.164. The molecule has 0 spiro atoms. The number of halogens is 2. The van der Waals surface area contributed by atoms with E-state index < -0.39 is 0 Å². The second kappa shape index (κ2) is 6.89. The zero-order valence-electron chi connectivity index (χ0n) is 9.06. The van der Waals surface area contributed by atoms with Crippen LogP contribution in [0, 0.1) is 0 Å². The molecule has 0 bridgehead atoms. The van der Waals surface area contributed by atoms with E-state index in [2.05, 4.69) is 22.2 Å². The number of aliphatic hydroxyl groups is 1. The minimum Gasteiger partial charge on any atom is -0.390 e. The first-order valence-corrected chi connectivity index (χ1v) is 5.09. The highest BCUT2D eigenvalue weighted by atomic mass is 35.5. The molecule has 2 N–H and O–H groups in total. The van der Waals surface area contributed by atoms with Crippen LogP contribution in [-0.2, 0) is 0 Å². The Morgan fingerprint density at radius 2 is 1.67 bits per heavy atom. The normalized spacial score (nSPS) is 33.2. The first kappa shape index (κ1) is 15.4. The fourth-order valence-corrected chi connectivity index (χ4v) is 2.18. The second-order valence-corrected chi connectivity index (χ2v) is 4.13. The van der Waals surface area contributed by atoms with Crippen LogP contribution >= 0.6 is 24.8 Å². The van der Waals surface area contributed by atoms with Crippen LogP contribution in [0.25, 0.3) is 0 Å². The van der Waals surface area contributed by atoms with E-state index in [1.807, 2.05) is 0 Å². The molecule has 2 fully saturated rings. The number of hydrogen-bond acceptors (Lipinski definition) is 4. The van der Waals surface area contributed by atoms with Gasteiger partial charge in [-0.25, -0.2) is 0 Å². The molecule has 2 unspecified atom stereocenters. The maximum absolute atomic E-state index is 9.69. The summed E-state index contributed by atoms with van der Waals surface area (Å²) in [5, 5.41) is 12.9. The van der Waals surface area contributed by atoms with Gasteiger partial charge in [-0.3, -0.25) is 4.90 Å². The van der Waals surface area contributed by atoms with Gasteiger partial charge < -0.3 is 15.3 Å². The smallest absolute Gasteiger partial charge is 0.0831 e. The minimum atomic E-state index is -0.164. The molecular formula is C9H21Cl2N3O. The molecule has 2 atom stereocenters. The number of β-amino-alcohol motifs (C(OH)–C–C–N with tert-alkyl or cyclic N) is 1. The second-order valence-electron chi connectivity index (χ2n) is 4.13. The Kier molecular flexibility index (Phi) is 7.08. The van der Waals surface area contributed by atoms with E-state index in [4.69, 9.17) is 0 Å². The fraction of sp³-hybridized carbons (Fsp3) is 1.00. The van der Waals surface area contributed by atoms with Crippen molar-refractivity contribution in [2.75, 3.05) is 46.3 Å². The largest absolute Gasteiger partial charge is 0.390 e. The highest BCUT2D eigenvalue weighted by Gasteiger charge is 2.31. The Morgan fingerprint density at radius 1 is 1.07 bits per heavy atom. The van der Waals surface area contributed by atoms with Crippen molar-refractivity contribution in [1.29, 1.82) is 0 Å². The molecule has 2 heterocycles. The van der Waals surface area contributed by atoms with E-state index in [-0.39, 0.29) is 30.9 Å². The zero-order chi connectivity index (χ0) is 9.26. The first-order chi connectivity index (χ1) is 6.27. The SMILES string of the molecule is CN1CCN(C2CNCC2O)CC1.Cl.Cl. The maximum Gasteiger partial charge on any atom is 0.0831 e. The third kappa shape index (κ3) is 3.73. The lowest BCUT2D eigenvalue weighted by molar-refractivity contribution is 0.0512. The van der Waals surface area contributed by atoms with E-state index in [1.54, 1.807) is 0 Å². The van der Waals surface area contributed by atoms with Crippen LogP contribution in [0.5, 0.6) is 0 Å². The summed E-state index contributed by atoms with van der Waals surface area (Å²) >= 11 is 0. The van der Waals surface area contributed by atoms with Crippen molar-refractivity contribution in [3.63, 3.8) is 0 Å². The summed E-state index contributed by atoms with van der Waals surface area (Å²) in [5.74, 6) is 0. The number of rotatable bonds is 1. The lowest BCUT2D eigenvalue weighted by atomic mass is 10.1. The predicted molar refractivity (Wildman–Crippen MR) is 66.2 cm³/mol. The van der Waals surface area contributed by atoms with Crippen molar-refractivity contribution in [2.45, 2.75) is 12.1 Å². The summed E-state index contributed by atoms with van der Waals surface area (Å²) in [7, 11) is 2.15. The lowest BCUT2D eigenvalue weighted by Gasteiger charge is -2.37. The molecule has 2 aliphatic rings. The molecule has 92 valence electrons. The quantitative estimate of drug-likeness (QED) is 0.659. The molecule has 0 aromatic carbocycles. The van der Waals surface area contributed by atoms with Crippen LogP contribution < -0.4 is 5.32 Å². The van der Waals surface area contributed by atoms with Gasteiger partial charge in [0.2, 0.25) is 0 Å². The summed E-state index contributed by atoms with van der Waals surface area (Å²) in [4.78, 5) is 4.75. The van der Waals surface area contributed by atoms with Gasteiger partial charge in [0, 0.05) is 45.3 Å². The molecule has 2 aliphatic heterocycles. The number of piperazine rings is 1. The Balaban J connectivity index is 0.000000980. The van der Waals surface area contributed by atoms with Crippen LogP contribution in [0.2, 0.25) is 0 Å². The van der Waals surface area contributed by atoms with Gasteiger partial charge in [-0.1, -0.05) is 0 Å². The zero-order valence-corrected chi connectivity index (χ0v) is 10.7. The third-order valence-electron chi connectivity index (χ3n) is 3.16. The van der Waals surface area contributed by atoms with Crippen LogP contribution in [0.15, 0.2) is 0 Å². The van der Waals surface area contributed by atoms with Gasteiger partial charge in [0.1, 0.15) is 0 Å². The van der Waals surface area contributed by atoms with E-state index in [9.17, 15) is 5.11 Å². The fourth-order valence-electron chi connectivity index (χ4n) is 2.18. The van der Waals surface area contributed by atoms with Gasteiger partial charge in [-0.15, -0.1) is 24.8 Å². The van der Waals surface area contributed by atoms with Crippen molar-refractivity contribution >= 4 is 24.8 Å². The molecule has 0 aromatic rings. The molecule has 4 nitrogen and oxygen atoms in total. The summed E-state index contributed by atoms with van der Waals surface area (Å²) in [6.45, 7) is 6.16. The number of likely N-dealkylation sites (N-methyl/N-ethyl adjacent to an activating group) is 1. The third-order valence-corrected chi connectivity index (χ3v) is 3.16. The van der Waals surface area contributed by atoms with Crippen molar-refractivity contribution < 1.29 is 5.11 Å². The van der Waals surface area contributed by atoms with Crippen molar-refractivity contribution in [3.05, 3.63) is 0 Å². The van der Waals surface area contributed by atoms with Crippen molar-refractivity contribution in [2.24, 2.45) is 0 Å². The van der Waals surface area contributed by atoms with Gasteiger partial charge in [0.25, 0.3) is 0 Å². The summed E-state index contributed by atoms with van der Waals surface area (Å²) in [5.41, 5.74) is 0. The molecule has 0 aliphatic carbocycles. The molecule has 0 amide bonds. The van der Waals surface area contributed by atoms with Crippen molar-refractivity contribution in [1.82, 2.24) is 15.1 Å². The molecule has 15 heavy (non-hydrogen) atoms. The van der Waals surface area contributed by atoms with E-state index >= 15 is 0 Å². The molecular weight excluding hydrogens is 237 g/mol. The van der Waals surface area contributed by atoms with Crippen molar-refractivity contribution in [3.8, 4) is 0 Å². The molecule has 6 heteroatoms. The molecule has 0 saturated carbocycles. The average molecular weight is 258 g/mol. The summed E-state index contributed by atoms with van der Waals surface area (Å²) in [6, 6.07) is 0.355.